The van der Waals surface area contributed by atoms with Crippen molar-refractivity contribution >= 4 is 49.8 Å². The summed E-state index contributed by atoms with van der Waals surface area (Å²) in [6, 6.07) is 17.5. The lowest BCUT2D eigenvalue weighted by atomic mass is 9.98. The molecule has 246 valence electrons. The summed E-state index contributed by atoms with van der Waals surface area (Å²) in [4.78, 5) is 7.75. The summed E-state index contributed by atoms with van der Waals surface area (Å²) in [6.45, 7) is 12.6. The van der Waals surface area contributed by atoms with E-state index in [0.29, 0.717) is 12.0 Å². The molecule has 4 aromatic rings. The Hall–Kier alpha value is -4.28. The average Bonchev–Trinajstić information content (AvgIpc) is 3.48. The molecule has 0 N–H and O–H groups in total. The number of fused-ring (bicyclic) bond motifs is 5. The number of aryl methyl sites for hydroxylation is 1. The van der Waals surface area contributed by atoms with Crippen molar-refractivity contribution in [2.45, 2.75) is 112 Å². The molecule has 1 heterocycles. The fourth-order valence-electron chi connectivity index (χ4n) is 6.45. The summed E-state index contributed by atoms with van der Waals surface area (Å²) in [5.74, 6) is 2.75. The number of terminal acetylenes is 1. The maximum Gasteiger partial charge on any atom is 0.141 e. The number of aliphatic imine (C=N–C) groups is 1. The first-order chi connectivity index (χ1) is 22.9. The van der Waals surface area contributed by atoms with Crippen molar-refractivity contribution in [2.75, 3.05) is 18.0 Å². The first kappa shape index (κ1) is 35.6. The van der Waals surface area contributed by atoms with E-state index in [2.05, 4.69) is 80.1 Å². The summed E-state index contributed by atoms with van der Waals surface area (Å²) < 4.78 is 6.74. The maximum absolute atomic E-state index is 9.22. The highest BCUT2D eigenvalue weighted by Gasteiger charge is 2.19. The molecule has 0 unspecified atom stereocenters. The fraction of sp³-hybridized carbons (Fsp3) is 0.442. The SMILES string of the molecule is C#CC/C(=C\C=C(/C)C#N)C(C)=Nc1c(C)c2oc3cc(N(CCCCCC)CCCCCCCCC)ccc3c2c2ccccc12. The Morgan fingerprint density at radius 2 is 1.49 bits per heavy atom. The topological polar surface area (TPSA) is 52.5 Å². The van der Waals surface area contributed by atoms with E-state index in [0.717, 1.165) is 68.3 Å². The zero-order valence-electron chi connectivity index (χ0n) is 29.4. The molecule has 47 heavy (non-hydrogen) atoms. The number of unbranched alkanes of at least 4 members (excludes halogenated alkanes) is 9. The zero-order chi connectivity index (χ0) is 33.6. The van der Waals surface area contributed by atoms with E-state index in [1.807, 2.05) is 13.0 Å². The van der Waals surface area contributed by atoms with Crippen LogP contribution in [0.4, 0.5) is 11.4 Å². The molecular formula is C43H53N3O. The molecule has 0 saturated carbocycles. The van der Waals surface area contributed by atoms with Gasteiger partial charge in [-0.25, -0.2) is 0 Å². The quantitative estimate of drug-likeness (QED) is 0.0362. The van der Waals surface area contributed by atoms with E-state index in [4.69, 9.17) is 15.8 Å². The molecule has 0 saturated heterocycles. The third-order valence-corrected chi connectivity index (χ3v) is 9.25. The molecule has 0 radical (unpaired) electrons. The third kappa shape index (κ3) is 9.17. The summed E-state index contributed by atoms with van der Waals surface area (Å²) in [7, 11) is 0. The lowest BCUT2D eigenvalue weighted by molar-refractivity contribution is 0.575. The number of benzene rings is 3. The van der Waals surface area contributed by atoms with Gasteiger partial charge >= 0.3 is 0 Å². The molecule has 0 bridgehead atoms. The molecule has 4 rings (SSSR count). The van der Waals surface area contributed by atoms with Gasteiger partial charge in [0.15, 0.2) is 0 Å². The molecule has 0 aliphatic rings. The normalized spacial score (nSPS) is 12.6. The predicted molar refractivity (Wildman–Crippen MR) is 204 cm³/mol. The molecule has 3 aromatic carbocycles. The number of hydrogen-bond acceptors (Lipinski definition) is 4. The van der Waals surface area contributed by atoms with Gasteiger partial charge in [0.05, 0.1) is 11.8 Å². The summed E-state index contributed by atoms with van der Waals surface area (Å²) in [5.41, 5.74) is 7.33. The molecule has 4 nitrogen and oxygen atoms in total. The van der Waals surface area contributed by atoms with E-state index in [1.165, 1.54) is 76.3 Å². The predicted octanol–water partition coefficient (Wildman–Crippen LogP) is 12.7. The van der Waals surface area contributed by atoms with E-state index in [1.54, 1.807) is 13.0 Å². The van der Waals surface area contributed by atoms with Crippen LogP contribution in [-0.4, -0.2) is 18.8 Å². The molecule has 0 aliphatic heterocycles. The number of nitriles is 1. The van der Waals surface area contributed by atoms with Crippen LogP contribution in [0.3, 0.4) is 0 Å². The van der Waals surface area contributed by atoms with Crippen molar-refractivity contribution in [1.82, 2.24) is 0 Å². The van der Waals surface area contributed by atoms with Gasteiger partial charge in [-0.15, -0.1) is 12.3 Å². The van der Waals surface area contributed by atoms with Crippen LogP contribution in [0.1, 0.15) is 110 Å². The molecule has 0 atom stereocenters. The molecule has 0 aliphatic carbocycles. The lowest BCUT2D eigenvalue weighted by Crippen LogP contribution is -2.25. The van der Waals surface area contributed by atoms with Gasteiger partial charge in [-0.2, -0.15) is 5.26 Å². The molecule has 0 fully saturated rings. The second kappa shape index (κ2) is 18.2. The van der Waals surface area contributed by atoms with Crippen LogP contribution >= 0.6 is 0 Å². The Bertz CT molecular complexity index is 1820. The van der Waals surface area contributed by atoms with Crippen molar-refractivity contribution in [3.8, 4) is 18.4 Å². The molecule has 4 heteroatoms. The van der Waals surface area contributed by atoms with Gasteiger partial charge in [0.2, 0.25) is 0 Å². The van der Waals surface area contributed by atoms with Gasteiger partial charge in [-0.1, -0.05) is 102 Å². The Balaban J connectivity index is 1.74. The maximum atomic E-state index is 9.22. The van der Waals surface area contributed by atoms with Crippen LogP contribution in [0.15, 0.2) is 75.2 Å². The molecule has 0 amide bonds. The minimum Gasteiger partial charge on any atom is -0.456 e. The largest absolute Gasteiger partial charge is 0.456 e. The highest BCUT2D eigenvalue weighted by atomic mass is 16.3. The number of anilines is 1. The van der Waals surface area contributed by atoms with E-state index < -0.39 is 0 Å². The highest BCUT2D eigenvalue weighted by Crippen LogP contribution is 2.43. The molecule has 0 spiro atoms. The Morgan fingerprint density at radius 3 is 2.15 bits per heavy atom. The van der Waals surface area contributed by atoms with Gasteiger partial charge in [0, 0.05) is 64.3 Å². The van der Waals surface area contributed by atoms with Crippen molar-refractivity contribution in [3.05, 3.63) is 71.3 Å². The Labute approximate surface area is 283 Å². The fourth-order valence-corrected chi connectivity index (χ4v) is 6.45. The third-order valence-electron chi connectivity index (χ3n) is 9.25. The monoisotopic (exact) mass is 627 g/mol. The standard InChI is InChI=1S/C43H53N3O/c1-7-10-12-14-15-16-20-29-46(28-19-13-11-8-2)36-26-27-39-40(30-36)47-43-33(5)42(38-23-18-17-22-37(38)41(39)43)45-34(6)35(21-9-3)25-24-32(4)31-44/h3,17-18,22-27,30H,7-8,10-16,19-21,28-29H2,1-2,4-6H3/b32-24+,35-25+,45-34?. The number of nitrogens with zero attached hydrogens (tertiary/aromatic N) is 3. The average molecular weight is 628 g/mol. The molecular weight excluding hydrogens is 574 g/mol. The van der Waals surface area contributed by atoms with Crippen LogP contribution in [0.25, 0.3) is 32.7 Å². The molecule has 1 aromatic heterocycles. The summed E-state index contributed by atoms with van der Waals surface area (Å²) in [5, 5.41) is 13.7. The van der Waals surface area contributed by atoms with Crippen molar-refractivity contribution in [2.24, 2.45) is 4.99 Å². The minimum atomic E-state index is 0.435. The lowest BCUT2D eigenvalue weighted by Gasteiger charge is -2.25. The highest BCUT2D eigenvalue weighted by molar-refractivity contribution is 6.23. The van der Waals surface area contributed by atoms with Gasteiger partial charge in [0.25, 0.3) is 0 Å². The first-order valence-electron chi connectivity index (χ1n) is 17.8. The van der Waals surface area contributed by atoms with Crippen molar-refractivity contribution in [3.63, 3.8) is 0 Å². The van der Waals surface area contributed by atoms with Gasteiger partial charge < -0.3 is 9.32 Å². The van der Waals surface area contributed by atoms with Gasteiger partial charge in [-0.05, 0) is 62.8 Å². The van der Waals surface area contributed by atoms with Crippen LogP contribution in [-0.2, 0) is 0 Å². The van der Waals surface area contributed by atoms with E-state index >= 15 is 0 Å². The van der Waals surface area contributed by atoms with E-state index in [-0.39, 0.29) is 0 Å². The number of furan rings is 1. The first-order valence-corrected chi connectivity index (χ1v) is 17.8. The van der Waals surface area contributed by atoms with Gasteiger partial charge in [0.1, 0.15) is 11.2 Å². The summed E-state index contributed by atoms with van der Waals surface area (Å²) >= 11 is 0. The number of hydrogen-bond donors (Lipinski definition) is 0. The van der Waals surface area contributed by atoms with Crippen molar-refractivity contribution < 1.29 is 4.42 Å². The van der Waals surface area contributed by atoms with Gasteiger partial charge in [-0.3, -0.25) is 4.99 Å². The number of allylic oxidation sites excluding steroid dienone is 4. The van der Waals surface area contributed by atoms with E-state index in [9.17, 15) is 5.26 Å². The Kier molecular flexibility index (Phi) is 13.7. The van der Waals surface area contributed by atoms with Crippen LogP contribution in [0.5, 0.6) is 0 Å². The van der Waals surface area contributed by atoms with Crippen molar-refractivity contribution in [1.29, 1.82) is 5.26 Å². The summed E-state index contributed by atoms with van der Waals surface area (Å²) in [6.07, 6.45) is 24.1. The number of rotatable bonds is 18. The zero-order valence-corrected chi connectivity index (χ0v) is 29.4. The van der Waals surface area contributed by atoms with Crippen LogP contribution in [0, 0.1) is 30.6 Å². The Morgan fingerprint density at radius 1 is 0.851 bits per heavy atom. The second-order valence-corrected chi connectivity index (χ2v) is 12.9. The minimum absolute atomic E-state index is 0.435. The van der Waals surface area contributed by atoms with Crippen LogP contribution in [0.2, 0.25) is 0 Å². The second-order valence-electron chi connectivity index (χ2n) is 12.9. The van der Waals surface area contributed by atoms with Crippen LogP contribution < -0.4 is 4.90 Å². The smallest absolute Gasteiger partial charge is 0.141 e.